The molecule has 0 unspecified atom stereocenters. The minimum Gasteiger partial charge on any atom is -0.350 e. The maximum atomic E-state index is 13.3. The van der Waals surface area contributed by atoms with Crippen molar-refractivity contribution in [2.24, 2.45) is 0 Å². The van der Waals surface area contributed by atoms with Crippen LogP contribution in [-0.4, -0.2) is 20.9 Å². The molecule has 1 N–H and O–H groups in total. The second kappa shape index (κ2) is 10.0. The quantitative estimate of drug-likeness (QED) is 0.449. The molecule has 3 aromatic rings. The highest BCUT2D eigenvalue weighted by molar-refractivity contribution is 7.92. The van der Waals surface area contributed by atoms with Gasteiger partial charge in [0.1, 0.15) is 6.54 Å². The number of nitrogens with one attached hydrogen (secondary N) is 1. The van der Waals surface area contributed by atoms with E-state index >= 15 is 0 Å². The summed E-state index contributed by atoms with van der Waals surface area (Å²) < 4.78 is 66.1. The molecule has 33 heavy (non-hydrogen) atoms. The molecule has 0 aliphatic carbocycles. The SMILES string of the molecule is O=C(CN(c1cc(Cl)ccc1Cl)S(=O)(=O)c1ccccc1)NCc1cccc(C(F)(F)F)c1. The predicted octanol–water partition coefficient (Wildman–Crippen LogP) is 5.52. The van der Waals surface area contributed by atoms with Crippen molar-refractivity contribution >= 4 is 44.8 Å². The van der Waals surface area contributed by atoms with Crippen molar-refractivity contribution in [3.63, 3.8) is 0 Å². The summed E-state index contributed by atoms with van der Waals surface area (Å²) in [7, 11) is -4.22. The number of amides is 1. The van der Waals surface area contributed by atoms with Crippen LogP contribution in [0.15, 0.2) is 77.7 Å². The molecule has 0 fully saturated rings. The summed E-state index contributed by atoms with van der Waals surface area (Å²) in [6.45, 7) is -0.901. The summed E-state index contributed by atoms with van der Waals surface area (Å²) >= 11 is 12.2. The van der Waals surface area contributed by atoms with Gasteiger partial charge in [0.05, 0.1) is 21.2 Å². The lowest BCUT2D eigenvalue weighted by Crippen LogP contribution is -2.40. The first-order chi connectivity index (χ1) is 15.5. The predicted molar refractivity (Wildman–Crippen MR) is 121 cm³/mol. The van der Waals surface area contributed by atoms with Crippen molar-refractivity contribution in [1.82, 2.24) is 5.32 Å². The number of benzene rings is 3. The molecule has 0 saturated heterocycles. The van der Waals surface area contributed by atoms with E-state index in [2.05, 4.69) is 5.32 Å². The van der Waals surface area contributed by atoms with E-state index in [9.17, 15) is 26.4 Å². The first kappa shape index (κ1) is 24.9. The second-order valence-electron chi connectivity index (χ2n) is 6.90. The molecule has 1 amide bonds. The molecular weight excluding hydrogens is 500 g/mol. The first-order valence-corrected chi connectivity index (χ1v) is 11.6. The molecule has 0 aliphatic heterocycles. The average molecular weight is 517 g/mol. The number of hydrogen-bond acceptors (Lipinski definition) is 3. The fourth-order valence-electron chi connectivity index (χ4n) is 2.94. The lowest BCUT2D eigenvalue weighted by Gasteiger charge is -2.25. The van der Waals surface area contributed by atoms with Crippen LogP contribution in [0.1, 0.15) is 11.1 Å². The van der Waals surface area contributed by atoms with Gasteiger partial charge in [-0.3, -0.25) is 9.10 Å². The number of carbonyl (C=O) groups is 1. The third-order valence-electron chi connectivity index (χ3n) is 4.54. The molecule has 11 heteroatoms. The van der Waals surface area contributed by atoms with E-state index in [1.165, 1.54) is 54.6 Å². The molecule has 0 aromatic heterocycles. The highest BCUT2D eigenvalue weighted by atomic mass is 35.5. The van der Waals surface area contributed by atoms with Crippen LogP contribution in [0.5, 0.6) is 0 Å². The van der Waals surface area contributed by atoms with Crippen molar-refractivity contribution in [3.05, 3.63) is 94.0 Å². The zero-order valence-corrected chi connectivity index (χ0v) is 19.1. The van der Waals surface area contributed by atoms with Gasteiger partial charge in [0.15, 0.2) is 0 Å². The third-order valence-corrected chi connectivity index (χ3v) is 6.87. The number of anilines is 1. The maximum Gasteiger partial charge on any atom is 0.416 e. The number of alkyl halides is 3. The van der Waals surface area contributed by atoms with Crippen molar-refractivity contribution in [2.45, 2.75) is 17.6 Å². The molecule has 0 radical (unpaired) electrons. The molecule has 5 nitrogen and oxygen atoms in total. The Morgan fingerprint density at radius 1 is 0.939 bits per heavy atom. The molecule has 0 saturated carbocycles. The molecule has 3 rings (SSSR count). The van der Waals surface area contributed by atoms with Crippen LogP contribution in [0, 0.1) is 0 Å². The minimum atomic E-state index is -4.52. The van der Waals surface area contributed by atoms with Crippen LogP contribution >= 0.6 is 23.2 Å². The molecule has 3 aromatic carbocycles. The van der Waals surface area contributed by atoms with Crippen molar-refractivity contribution in [2.75, 3.05) is 10.8 Å². The van der Waals surface area contributed by atoms with E-state index in [-0.39, 0.29) is 32.7 Å². The van der Waals surface area contributed by atoms with E-state index in [1.54, 1.807) is 6.07 Å². The topological polar surface area (TPSA) is 66.5 Å². The van der Waals surface area contributed by atoms with Crippen LogP contribution in [0.25, 0.3) is 0 Å². The highest BCUT2D eigenvalue weighted by Gasteiger charge is 2.31. The summed E-state index contributed by atoms with van der Waals surface area (Å²) in [4.78, 5) is 12.6. The Bertz CT molecular complexity index is 1250. The Balaban J connectivity index is 1.86. The lowest BCUT2D eigenvalue weighted by atomic mass is 10.1. The van der Waals surface area contributed by atoms with E-state index < -0.39 is 34.2 Å². The Labute approximate surface area is 198 Å². The van der Waals surface area contributed by atoms with Gasteiger partial charge in [-0.05, 0) is 48.0 Å². The normalized spacial score (nSPS) is 11.8. The van der Waals surface area contributed by atoms with E-state index in [0.717, 1.165) is 16.4 Å². The van der Waals surface area contributed by atoms with Gasteiger partial charge in [-0.2, -0.15) is 13.2 Å². The van der Waals surface area contributed by atoms with Crippen LogP contribution in [0.3, 0.4) is 0 Å². The van der Waals surface area contributed by atoms with E-state index in [1.807, 2.05) is 0 Å². The zero-order valence-electron chi connectivity index (χ0n) is 16.8. The summed E-state index contributed by atoms with van der Waals surface area (Å²) in [6.07, 6.45) is -4.52. The Morgan fingerprint density at radius 3 is 2.30 bits per heavy atom. The zero-order chi connectivity index (χ0) is 24.2. The van der Waals surface area contributed by atoms with Gasteiger partial charge in [-0.1, -0.05) is 53.5 Å². The van der Waals surface area contributed by atoms with E-state index in [0.29, 0.717) is 0 Å². The first-order valence-electron chi connectivity index (χ1n) is 9.44. The number of nitrogens with zero attached hydrogens (tertiary/aromatic N) is 1. The van der Waals surface area contributed by atoms with Crippen LogP contribution in [0.4, 0.5) is 18.9 Å². The van der Waals surface area contributed by atoms with Gasteiger partial charge in [0.2, 0.25) is 5.91 Å². The van der Waals surface area contributed by atoms with Gasteiger partial charge in [0.25, 0.3) is 10.0 Å². The Hall–Kier alpha value is -2.75. The third kappa shape index (κ3) is 6.19. The van der Waals surface area contributed by atoms with E-state index in [4.69, 9.17) is 23.2 Å². The standard InChI is InChI=1S/C22H17Cl2F3N2O3S/c23-17-9-10-19(24)20(12-17)29(33(31,32)18-7-2-1-3-8-18)14-21(30)28-13-15-5-4-6-16(11-15)22(25,26)27/h1-12H,13-14H2,(H,28,30). The maximum absolute atomic E-state index is 13.3. The van der Waals surface area contributed by atoms with Gasteiger partial charge < -0.3 is 5.32 Å². The molecule has 0 aliphatic rings. The number of halogens is 5. The smallest absolute Gasteiger partial charge is 0.350 e. The van der Waals surface area contributed by atoms with Gasteiger partial charge in [-0.25, -0.2) is 8.42 Å². The molecule has 0 spiro atoms. The van der Waals surface area contributed by atoms with Crippen LogP contribution < -0.4 is 9.62 Å². The number of rotatable bonds is 7. The molecule has 0 bridgehead atoms. The number of sulfonamides is 1. The number of carbonyl (C=O) groups excluding carboxylic acids is 1. The van der Waals surface area contributed by atoms with Crippen LogP contribution in [-0.2, 0) is 27.5 Å². The molecule has 0 atom stereocenters. The Morgan fingerprint density at radius 2 is 1.64 bits per heavy atom. The van der Waals surface area contributed by atoms with Crippen molar-refractivity contribution < 1.29 is 26.4 Å². The molecular formula is C22H17Cl2F3N2O3S. The van der Waals surface area contributed by atoms with Gasteiger partial charge in [-0.15, -0.1) is 0 Å². The fourth-order valence-corrected chi connectivity index (χ4v) is 4.83. The average Bonchev–Trinajstić information content (AvgIpc) is 2.78. The highest BCUT2D eigenvalue weighted by Crippen LogP contribution is 2.33. The Kier molecular flexibility index (Phi) is 7.56. The van der Waals surface area contributed by atoms with Crippen LogP contribution in [0.2, 0.25) is 10.0 Å². The lowest BCUT2D eigenvalue weighted by molar-refractivity contribution is -0.137. The van der Waals surface area contributed by atoms with Crippen molar-refractivity contribution in [1.29, 1.82) is 0 Å². The molecule has 174 valence electrons. The number of hydrogen-bond donors (Lipinski definition) is 1. The largest absolute Gasteiger partial charge is 0.416 e. The molecule has 0 heterocycles. The minimum absolute atomic E-state index is 0.0118. The summed E-state index contributed by atoms with van der Waals surface area (Å²) in [5.41, 5.74) is -0.660. The summed E-state index contributed by atoms with van der Waals surface area (Å²) in [5.74, 6) is -0.747. The van der Waals surface area contributed by atoms with Crippen molar-refractivity contribution in [3.8, 4) is 0 Å². The summed E-state index contributed by atoms with van der Waals surface area (Å²) in [5, 5.41) is 2.69. The second-order valence-corrected chi connectivity index (χ2v) is 9.60. The van der Waals surface area contributed by atoms with Gasteiger partial charge >= 0.3 is 6.18 Å². The fraction of sp³-hybridized carbons (Fsp3) is 0.136. The summed E-state index contributed by atoms with van der Waals surface area (Å²) in [6, 6.07) is 16.1. The monoisotopic (exact) mass is 516 g/mol. The van der Waals surface area contributed by atoms with Gasteiger partial charge in [0, 0.05) is 11.6 Å².